The minimum Gasteiger partial charge on any atom is -0.339 e. The predicted molar refractivity (Wildman–Crippen MR) is 95.2 cm³/mol. The Hall–Kier alpha value is -2.13. The van der Waals surface area contributed by atoms with E-state index < -0.39 is 30.1 Å². The fourth-order valence-electron chi connectivity index (χ4n) is 3.17. The van der Waals surface area contributed by atoms with E-state index in [1.54, 1.807) is 6.07 Å². The molecule has 1 amide bonds. The molecule has 0 spiro atoms. The Kier molecular flexibility index (Phi) is 5.95. The quantitative estimate of drug-likeness (QED) is 0.715. The van der Waals surface area contributed by atoms with E-state index in [4.69, 9.17) is 11.6 Å². The summed E-state index contributed by atoms with van der Waals surface area (Å²) in [6.45, 7) is 3.38. The number of aromatic nitrogens is 2. The molecule has 5 nitrogen and oxygen atoms in total. The maximum Gasteiger partial charge on any atom is 0.433 e. The van der Waals surface area contributed by atoms with Gasteiger partial charge in [-0.05, 0) is 30.7 Å². The van der Waals surface area contributed by atoms with Gasteiger partial charge >= 0.3 is 6.18 Å². The molecule has 0 radical (unpaired) electrons. The van der Waals surface area contributed by atoms with Gasteiger partial charge in [-0.3, -0.25) is 14.4 Å². The number of benzene rings is 1. The summed E-state index contributed by atoms with van der Waals surface area (Å²) in [5.74, 6) is -0.815. The highest BCUT2D eigenvalue weighted by atomic mass is 35.5. The summed E-state index contributed by atoms with van der Waals surface area (Å²) in [7, 11) is 0. The van der Waals surface area contributed by atoms with Crippen LogP contribution in [0.4, 0.5) is 17.6 Å². The fourth-order valence-corrected chi connectivity index (χ4v) is 3.40. The zero-order valence-corrected chi connectivity index (χ0v) is 15.9. The zero-order valence-electron chi connectivity index (χ0n) is 15.1. The van der Waals surface area contributed by atoms with Gasteiger partial charge in [0.15, 0.2) is 0 Å². The number of carbonyl (C=O) groups is 1. The summed E-state index contributed by atoms with van der Waals surface area (Å²) >= 11 is 6.04. The number of nitrogens with zero attached hydrogens (tertiary/aromatic N) is 4. The Labute approximate surface area is 164 Å². The SMILES string of the molecule is Cc1cc(C(F)(F)F)n(CC(=O)N2CCN(Cc3ccc(F)cc3Cl)CC2)n1. The largest absolute Gasteiger partial charge is 0.433 e. The fraction of sp³-hybridized carbons (Fsp3) is 0.444. The van der Waals surface area contributed by atoms with Gasteiger partial charge in [0.05, 0.1) is 5.69 Å². The van der Waals surface area contributed by atoms with E-state index in [2.05, 4.69) is 10.00 Å². The normalized spacial score (nSPS) is 15.9. The first-order valence-corrected chi connectivity index (χ1v) is 9.07. The van der Waals surface area contributed by atoms with Crippen LogP contribution in [0.2, 0.25) is 5.02 Å². The Morgan fingerprint density at radius 2 is 1.86 bits per heavy atom. The molecule has 1 fully saturated rings. The zero-order chi connectivity index (χ0) is 20.5. The van der Waals surface area contributed by atoms with Crippen LogP contribution in [0.25, 0.3) is 0 Å². The third-order valence-corrected chi connectivity index (χ3v) is 4.96. The summed E-state index contributed by atoms with van der Waals surface area (Å²) in [4.78, 5) is 16.0. The number of rotatable bonds is 4. The van der Waals surface area contributed by atoms with Crippen molar-refractivity contribution in [2.24, 2.45) is 0 Å². The Morgan fingerprint density at radius 1 is 1.18 bits per heavy atom. The van der Waals surface area contributed by atoms with Gasteiger partial charge in [-0.25, -0.2) is 4.39 Å². The van der Waals surface area contributed by atoms with Crippen molar-refractivity contribution in [2.75, 3.05) is 26.2 Å². The van der Waals surface area contributed by atoms with Crippen LogP contribution in [-0.4, -0.2) is 51.7 Å². The first-order chi connectivity index (χ1) is 13.1. The molecule has 28 heavy (non-hydrogen) atoms. The second kappa shape index (κ2) is 8.08. The van der Waals surface area contributed by atoms with Gasteiger partial charge in [0.2, 0.25) is 5.91 Å². The van der Waals surface area contributed by atoms with Crippen LogP contribution in [0.15, 0.2) is 24.3 Å². The van der Waals surface area contributed by atoms with E-state index in [0.29, 0.717) is 42.4 Å². The van der Waals surface area contributed by atoms with Gasteiger partial charge in [-0.2, -0.15) is 18.3 Å². The average Bonchev–Trinajstić information content (AvgIpc) is 2.98. The second-order valence-electron chi connectivity index (χ2n) is 6.72. The minimum atomic E-state index is -4.56. The molecule has 0 bridgehead atoms. The molecule has 1 aliphatic heterocycles. The lowest BCUT2D eigenvalue weighted by Gasteiger charge is -2.35. The van der Waals surface area contributed by atoms with Gasteiger partial charge in [-0.1, -0.05) is 17.7 Å². The van der Waals surface area contributed by atoms with Crippen molar-refractivity contribution < 1.29 is 22.4 Å². The van der Waals surface area contributed by atoms with Crippen LogP contribution in [0, 0.1) is 12.7 Å². The van der Waals surface area contributed by atoms with E-state index in [-0.39, 0.29) is 5.69 Å². The number of piperazine rings is 1. The van der Waals surface area contributed by atoms with E-state index in [1.165, 1.54) is 24.0 Å². The highest BCUT2D eigenvalue weighted by molar-refractivity contribution is 6.31. The molecular formula is C18H19ClF4N4O. The molecule has 1 aromatic carbocycles. The number of halogens is 5. The highest BCUT2D eigenvalue weighted by Crippen LogP contribution is 2.29. The lowest BCUT2D eigenvalue weighted by atomic mass is 10.2. The van der Waals surface area contributed by atoms with Crippen LogP contribution in [0.1, 0.15) is 17.0 Å². The van der Waals surface area contributed by atoms with Crippen LogP contribution >= 0.6 is 11.6 Å². The topological polar surface area (TPSA) is 41.4 Å². The molecule has 2 aromatic rings. The number of hydrogen-bond acceptors (Lipinski definition) is 3. The van der Waals surface area contributed by atoms with Gasteiger partial charge in [0.25, 0.3) is 0 Å². The van der Waals surface area contributed by atoms with Crippen molar-refractivity contribution in [2.45, 2.75) is 26.2 Å². The van der Waals surface area contributed by atoms with Gasteiger partial charge in [0, 0.05) is 37.7 Å². The number of amides is 1. The molecule has 0 aliphatic carbocycles. The summed E-state index contributed by atoms with van der Waals surface area (Å²) < 4.78 is 53.0. The minimum absolute atomic E-state index is 0.209. The standard InChI is InChI=1S/C18H19ClF4N4O/c1-12-8-16(18(21,22)23)27(24-12)11-17(28)26-6-4-25(5-7-26)10-13-2-3-14(20)9-15(13)19/h2-3,8-9H,4-7,10-11H2,1H3. The molecule has 10 heteroatoms. The molecule has 1 saturated heterocycles. The predicted octanol–water partition coefficient (Wildman–Crippen LogP) is 3.35. The molecule has 0 atom stereocenters. The van der Waals surface area contributed by atoms with Gasteiger partial charge in [-0.15, -0.1) is 0 Å². The third-order valence-electron chi connectivity index (χ3n) is 4.61. The Morgan fingerprint density at radius 3 is 2.46 bits per heavy atom. The first kappa shape index (κ1) is 20.6. The van der Waals surface area contributed by atoms with Crippen molar-refractivity contribution in [3.05, 3.63) is 52.1 Å². The van der Waals surface area contributed by atoms with E-state index in [9.17, 15) is 22.4 Å². The number of alkyl halides is 3. The van der Waals surface area contributed by atoms with Gasteiger partial charge < -0.3 is 4.90 Å². The molecule has 3 rings (SSSR count). The van der Waals surface area contributed by atoms with E-state index in [1.807, 2.05) is 0 Å². The maximum atomic E-state index is 13.1. The lowest BCUT2D eigenvalue weighted by molar-refractivity contribution is -0.146. The molecule has 1 aliphatic rings. The Bertz CT molecular complexity index is 860. The first-order valence-electron chi connectivity index (χ1n) is 8.69. The van der Waals surface area contributed by atoms with Crippen molar-refractivity contribution in [3.8, 4) is 0 Å². The molecule has 0 N–H and O–H groups in total. The smallest absolute Gasteiger partial charge is 0.339 e. The van der Waals surface area contributed by atoms with Crippen LogP contribution in [0.5, 0.6) is 0 Å². The van der Waals surface area contributed by atoms with E-state index in [0.717, 1.165) is 11.6 Å². The summed E-state index contributed by atoms with van der Waals surface area (Å²) in [6, 6.07) is 5.14. The molecule has 2 heterocycles. The monoisotopic (exact) mass is 418 g/mol. The molecule has 152 valence electrons. The maximum absolute atomic E-state index is 13.1. The molecule has 1 aromatic heterocycles. The number of carbonyl (C=O) groups excluding carboxylic acids is 1. The molecular weight excluding hydrogens is 400 g/mol. The van der Waals surface area contributed by atoms with Crippen molar-refractivity contribution in [1.82, 2.24) is 19.6 Å². The van der Waals surface area contributed by atoms with E-state index >= 15 is 0 Å². The van der Waals surface area contributed by atoms with Crippen LogP contribution < -0.4 is 0 Å². The summed E-state index contributed by atoms with van der Waals surface area (Å²) in [6.07, 6.45) is -4.56. The third kappa shape index (κ3) is 4.82. The Balaban J connectivity index is 1.57. The number of aryl methyl sites for hydroxylation is 1. The lowest BCUT2D eigenvalue weighted by Crippen LogP contribution is -2.49. The van der Waals surface area contributed by atoms with Crippen molar-refractivity contribution in [1.29, 1.82) is 0 Å². The van der Waals surface area contributed by atoms with Crippen LogP contribution in [-0.2, 0) is 24.1 Å². The van der Waals surface area contributed by atoms with Gasteiger partial charge in [0.1, 0.15) is 18.1 Å². The number of hydrogen-bond donors (Lipinski definition) is 0. The summed E-state index contributed by atoms with van der Waals surface area (Å²) in [5.41, 5.74) is 0.0636. The van der Waals surface area contributed by atoms with Crippen LogP contribution in [0.3, 0.4) is 0 Å². The summed E-state index contributed by atoms with van der Waals surface area (Å²) in [5, 5.41) is 4.13. The second-order valence-corrected chi connectivity index (χ2v) is 7.13. The van der Waals surface area contributed by atoms with Crippen molar-refractivity contribution >= 4 is 17.5 Å². The molecule has 0 saturated carbocycles. The highest BCUT2D eigenvalue weighted by Gasteiger charge is 2.36. The molecule has 0 unspecified atom stereocenters. The van der Waals surface area contributed by atoms with Crippen molar-refractivity contribution in [3.63, 3.8) is 0 Å². The average molecular weight is 419 g/mol.